The number of nitrogens with zero attached hydrogens (tertiary/aromatic N) is 4. The van der Waals surface area contributed by atoms with Gasteiger partial charge in [-0.3, -0.25) is 19.5 Å². The molecule has 5 rings (SSSR count). The SMILES string of the molecule is COC(=O)C1=C(CN2CCO[C@H]3CN(CC(C)(C)C(=O)OC(C)(C)C)C(=O)[C@H]32)NC(c2nccs2)=NC1c1ccc(F)c(F)c1C. The summed E-state index contributed by atoms with van der Waals surface area (Å²) in [7, 11) is 1.23. The molecule has 248 valence electrons. The van der Waals surface area contributed by atoms with Crippen molar-refractivity contribution in [1.82, 2.24) is 20.1 Å². The lowest BCUT2D eigenvalue weighted by molar-refractivity contribution is -0.167. The molecule has 1 amide bonds. The Morgan fingerprint density at radius 1 is 1.20 bits per heavy atom. The minimum Gasteiger partial charge on any atom is -0.466 e. The molecular formula is C32H39F2N5O6S. The number of methoxy groups -OCH3 is 1. The summed E-state index contributed by atoms with van der Waals surface area (Å²) in [6, 6.07) is 0.675. The van der Waals surface area contributed by atoms with Crippen LogP contribution in [-0.2, 0) is 28.6 Å². The van der Waals surface area contributed by atoms with Gasteiger partial charge in [-0.15, -0.1) is 11.3 Å². The first-order chi connectivity index (χ1) is 21.6. The van der Waals surface area contributed by atoms with Crippen LogP contribution in [0.15, 0.2) is 40.0 Å². The van der Waals surface area contributed by atoms with Crippen LogP contribution in [0.25, 0.3) is 0 Å². The molecule has 1 aromatic heterocycles. The van der Waals surface area contributed by atoms with E-state index in [0.29, 0.717) is 35.3 Å². The molecule has 2 fully saturated rings. The summed E-state index contributed by atoms with van der Waals surface area (Å²) in [5, 5.41) is 5.53. The number of amidine groups is 1. The molecule has 1 aromatic carbocycles. The maximum Gasteiger partial charge on any atom is 0.338 e. The van der Waals surface area contributed by atoms with Gasteiger partial charge in [0.25, 0.3) is 0 Å². The number of amides is 1. The van der Waals surface area contributed by atoms with E-state index in [1.165, 1.54) is 31.4 Å². The van der Waals surface area contributed by atoms with Gasteiger partial charge in [0, 0.05) is 43.5 Å². The number of esters is 2. The number of thiazole rings is 1. The minimum atomic E-state index is -1.04. The molecule has 0 bridgehead atoms. The van der Waals surface area contributed by atoms with Crippen LogP contribution in [0, 0.1) is 24.0 Å². The number of morpholine rings is 1. The molecule has 0 radical (unpaired) electrons. The van der Waals surface area contributed by atoms with Crippen LogP contribution in [0.1, 0.15) is 56.8 Å². The minimum absolute atomic E-state index is 0.00976. The predicted octanol–water partition coefficient (Wildman–Crippen LogP) is 3.53. The van der Waals surface area contributed by atoms with Gasteiger partial charge in [0.15, 0.2) is 22.5 Å². The van der Waals surface area contributed by atoms with Gasteiger partial charge in [0.05, 0.1) is 30.8 Å². The second-order valence-corrected chi connectivity index (χ2v) is 14.1. The Morgan fingerprint density at radius 2 is 1.93 bits per heavy atom. The van der Waals surface area contributed by atoms with Crippen LogP contribution in [0.3, 0.4) is 0 Å². The lowest BCUT2D eigenvalue weighted by Gasteiger charge is -2.37. The zero-order valence-electron chi connectivity index (χ0n) is 27.0. The maximum atomic E-state index is 14.8. The lowest BCUT2D eigenvalue weighted by Crippen LogP contribution is -2.54. The van der Waals surface area contributed by atoms with Crippen LogP contribution in [0.4, 0.5) is 8.78 Å². The number of likely N-dealkylation sites (tertiary alicyclic amines) is 1. The quantitative estimate of drug-likeness (QED) is 0.424. The van der Waals surface area contributed by atoms with Crippen LogP contribution in [-0.4, -0.2) is 96.1 Å². The van der Waals surface area contributed by atoms with Crippen molar-refractivity contribution < 1.29 is 37.4 Å². The molecule has 2 aromatic rings. The van der Waals surface area contributed by atoms with Crippen molar-refractivity contribution >= 4 is 35.0 Å². The third-order valence-electron chi connectivity index (χ3n) is 8.16. The Balaban J connectivity index is 1.49. The molecule has 1 unspecified atom stereocenters. The zero-order chi connectivity index (χ0) is 33.6. The lowest BCUT2D eigenvalue weighted by atomic mass is 9.91. The second-order valence-electron chi connectivity index (χ2n) is 13.2. The van der Waals surface area contributed by atoms with E-state index in [2.05, 4.69) is 10.3 Å². The monoisotopic (exact) mass is 659 g/mol. The maximum absolute atomic E-state index is 14.8. The van der Waals surface area contributed by atoms with E-state index in [1.54, 1.807) is 51.1 Å². The van der Waals surface area contributed by atoms with Gasteiger partial charge in [-0.25, -0.2) is 18.6 Å². The fourth-order valence-electron chi connectivity index (χ4n) is 5.94. The van der Waals surface area contributed by atoms with Gasteiger partial charge in [0.1, 0.15) is 17.7 Å². The van der Waals surface area contributed by atoms with Crippen molar-refractivity contribution in [1.29, 1.82) is 0 Å². The number of halogens is 2. The molecule has 11 nitrogen and oxygen atoms in total. The molecule has 0 aliphatic carbocycles. The number of carbonyl (C=O) groups is 3. The highest BCUT2D eigenvalue weighted by Crippen LogP contribution is 2.37. The molecule has 1 N–H and O–H groups in total. The van der Waals surface area contributed by atoms with Crippen molar-refractivity contribution in [3.63, 3.8) is 0 Å². The van der Waals surface area contributed by atoms with Gasteiger partial charge < -0.3 is 24.4 Å². The zero-order valence-corrected chi connectivity index (χ0v) is 27.8. The van der Waals surface area contributed by atoms with Gasteiger partial charge in [-0.05, 0) is 58.7 Å². The van der Waals surface area contributed by atoms with Gasteiger partial charge in [-0.1, -0.05) is 6.07 Å². The highest BCUT2D eigenvalue weighted by Gasteiger charge is 2.49. The number of aromatic nitrogens is 1. The molecule has 3 atom stereocenters. The van der Waals surface area contributed by atoms with Gasteiger partial charge >= 0.3 is 11.9 Å². The van der Waals surface area contributed by atoms with Crippen LogP contribution < -0.4 is 5.32 Å². The molecule has 4 heterocycles. The number of hydrogen-bond acceptors (Lipinski definition) is 11. The molecule has 2 saturated heterocycles. The van der Waals surface area contributed by atoms with E-state index in [1.807, 2.05) is 4.90 Å². The number of hydrogen-bond donors (Lipinski definition) is 1. The summed E-state index contributed by atoms with van der Waals surface area (Å²) in [5.74, 6) is -3.03. The Bertz CT molecular complexity index is 1590. The Morgan fingerprint density at radius 3 is 2.59 bits per heavy atom. The van der Waals surface area contributed by atoms with Crippen molar-refractivity contribution in [2.24, 2.45) is 10.4 Å². The van der Waals surface area contributed by atoms with Crippen molar-refractivity contribution in [3.05, 3.63) is 62.7 Å². The van der Waals surface area contributed by atoms with Crippen molar-refractivity contribution in [3.8, 4) is 0 Å². The highest BCUT2D eigenvalue weighted by atomic mass is 32.1. The van der Waals surface area contributed by atoms with Gasteiger partial charge in [-0.2, -0.15) is 0 Å². The van der Waals surface area contributed by atoms with E-state index < -0.39 is 52.8 Å². The topological polar surface area (TPSA) is 123 Å². The number of benzene rings is 1. The number of nitrogens with one attached hydrogen (secondary N) is 1. The summed E-state index contributed by atoms with van der Waals surface area (Å²) in [6.07, 6.45) is 1.14. The van der Waals surface area contributed by atoms with Crippen molar-refractivity contribution in [2.45, 2.75) is 65.3 Å². The Hall–Kier alpha value is -3.75. The summed E-state index contributed by atoms with van der Waals surface area (Å²) in [6.45, 7) is 11.5. The normalized spacial score (nSPS) is 22.4. The molecule has 0 spiro atoms. The van der Waals surface area contributed by atoms with E-state index in [-0.39, 0.29) is 36.7 Å². The summed E-state index contributed by atoms with van der Waals surface area (Å²) in [4.78, 5) is 52.9. The molecule has 46 heavy (non-hydrogen) atoms. The Labute approximate surface area is 270 Å². The summed E-state index contributed by atoms with van der Waals surface area (Å²) in [5.41, 5.74) is -0.848. The van der Waals surface area contributed by atoms with E-state index in [0.717, 1.165) is 6.07 Å². The summed E-state index contributed by atoms with van der Waals surface area (Å²) < 4.78 is 45.7. The van der Waals surface area contributed by atoms with Crippen LogP contribution in [0.5, 0.6) is 0 Å². The number of aliphatic imine (C=N–C) groups is 1. The third-order valence-corrected chi connectivity index (χ3v) is 8.94. The fraction of sp³-hybridized carbons (Fsp3) is 0.531. The number of fused-ring (bicyclic) bond motifs is 1. The predicted molar refractivity (Wildman–Crippen MR) is 166 cm³/mol. The smallest absolute Gasteiger partial charge is 0.338 e. The summed E-state index contributed by atoms with van der Waals surface area (Å²) >= 11 is 1.32. The second kappa shape index (κ2) is 12.8. The van der Waals surface area contributed by atoms with Gasteiger partial charge in [0.2, 0.25) is 5.91 Å². The number of ether oxygens (including phenoxy) is 3. The molecular weight excluding hydrogens is 620 g/mol. The number of rotatable bonds is 8. The van der Waals surface area contributed by atoms with Crippen LogP contribution in [0.2, 0.25) is 0 Å². The van der Waals surface area contributed by atoms with E-state index in [4.69, 9.17) is 19.2 Å². The highest BCUT2D eigenvalue weighted by molar-refractivity contribution is 7.11. The molecule has 3 aliphatic heterocycles. The number of carbonyl (C=O) groups excluding carboxylic acids is 3. The largest absolute Gasteiger partial charge is 0.466 e. The third kappa shape index (κ3) is 6.69. The average molecular weight is 660 g/mol. The Kier molecular flexibility index (Phi) is 9.35. The van der Waals surface area contributed by atoms with Crippen molar-refractivity contribution in [2.75, 3.05) is 39.9 Å². The standard InChI is InChI=1S/C32H39F2N5O6S/c1-17-18(8-9-19(33)23(17)34)24-22(29(41)43-7)20(36-26(37-24)27-35-10-13-46-27)14-38-11-12-44-21-15-39(28(40)25(21)38)16-32(5,6)30(42)45-31(2,3)4/h8-10,13,21,24-25H,11-12,14-16H2,1-7H3,(H,36,37)/t21-,24?,25-/m0/s1. The first kappa shape index (κ1) is 33.6. The first-order valence-corrected chi connectivity index (χ1v) is 15.9. The molecule has 3 aliphatic rings. The fourth-order valence-corrected chi connectivity index (χ4v) is 6.53. The average Bonchev–Trinajstić information content (AvgIpc) is 3.63. The van der Waals surface area contributed by atoms with Crippen LogP contribution >= 0.6 is 11.3 Å². The molecule has 14 heteroatoms. The first-order valence-electron chi connectivity index (χ1n) is 15.0. The van der Waals surface area contributed by atoms with E-state index in [9.17, 15) is 23.2 Å². The van der Waals surface area contributed by atoms with E-state index >= 15 is 0 Å². The molecule has 0 saturated carbocycles.